The van der Waals surface area contributed by atoms with Crippen LogP contribution in [0.4, 0.5) is 0 Å². The summed E-state index contributed by atoms with van der Waals surface area (Å²) in [6.07, 6.45) is 0. The first-order chi connectivity index (χ1) is 6.92. The zero-order valence-corrected chi connectivity index (χ0v) is 9.59. The van der Waals surface area contributed by atoms with Gasteiger partial charge in [-0.1, -0.05) is 0 Å². The van der Waals surface area contributed by atoms with Crippen LogP contribution in [0.15, 0.2) is 17.0 Å². The molecule has 1 aromatic rings. The number of ether oxygens (including phenoxy) is 1. The van der Waals surface area contributed by atoms with Crippen LogP contribution in [0.2, 0.25) is 0 Å². The van der Waals surface area contributed by atoms with Gasteiger partial charge in [-0.25, -0.2) is 8.42 Å². The van der Waals surface area contributed by atoms with Crippen molar-refractivity contribution in [1.29, 1.82) is 0 Å². The summed E-state index contributed by atoms with van der Waals surface area (Å²) in [5, 5.41) is 0. The van der Waals surface area contributed by atoms with E-state index in [4.69, 9.17) is 4.74 Å². The number of methoxy groups -OCH3 is 1. The molecule has 0 aliphatic rings. The Morgan fingerprint density at radius 2 is 1.80 bits per heavy atom. The molecular formula is C10H12O4S. The van der Waals surface area contributed by atoms with Crippen molar-refractivity contribution in [2.75, 3.05) is 7.11 Å². The van der Waals surface area contributed by atoms with E-state index in [1.54, 1.807) is 19.9 Å². The number of carbonyl (C=O) groups excluding carboxylic acids is 1. The molecule has 0 atom stereocenters. The molecule has 0 spiro atoms. The molecule has 4 nitrogen and oxygen atoms in total. The number of hydrogen-bond acceptors (Lipinski definition) is 4. The molecule has 15 heavy (non-hydrogen) atoms. The van der Waals surface area contributed by atoms with Gasteiger partial charge in [-0.05, 0) is 37.1 Å². The van der Waals surface area contributed by atoms with Crippen molar-refractivity contribution in [3.8, 4) is 5.75 Å². The second-order valence-electron chi connectivity index (χ2n) is 3.23. The Bertz CT molecular complexity index is 488. The number of rotatable bonds is 3. The van der Waals surface area contributed by atoms with Crippen LogP contribution in [-0.2, 0) is 14.6 Å². The van der Waals surface area contributed by atoms with Gasteiger partial charge in [0.05, 0.1) is 12.0 Å². The Morgan fingerprint density at radius 1 is 1.20 bits per heavy atom. The maximum Gasteiger partial charge on any atom is 0.238 e. The summed E-state index contributed by atoms with van der Waals surface area (Å²) in [6, 6.07) is 3.05. The fourth-order valence-electron chi connectivity index (χ4n) is 1.34. The molecule has 1 aromatic carbocycles. The van der Waals surface area contributed by atoms with E-state index in [2.05, 4.69) is 0 Å². The molecule has 0 aromatic heterocycles. The number of benzene rings is 1. The number of hydrogen-bond donors (Lipinski definition) is 0. The first-order valence-electron chi connectivity index (χ1n) is 4.28. The van der Waals surface area contributed by atoms with E-state index in [1.807, 2.05) is 0 Å². The maximum atomic E-state index is 11.4. The van der Waals surface area contributed by atoms with E-state index >= 15 is 0 Å². The van der Waals surface area contributed by atoms with Crippen LogP contribution in [0.25, 0.3) is 0 Å². The quantitative estimate of drug-likeness (QED) is 0.731. The highest BCUT2D eigenvalue weighted by atomic mass is 32.2. The summed E-state index contributed by atoms with van der Waals surface area (Å²) >= 11 is 0. The molecule has 0 radical (unpaired) electrons. The topological polar surface area (TPSA) is 60.4 Å². The van der Waals surface area contributed by atoms with E-state index in [0.717, 1.165) is 0 Å². The van der Waals surface area contributed by atoms with Gasteiger partial charge in [0.15, 0.2) is 0 Å². The predicted octanol–water partition coefficient (Wildman–Crippen LogP) is 1.28. The highest BCUT2D eigenvalue weighted by molar-refractivity contribution is 8.04. The summed E-state index contributed by atoms with van der Waals surface area (Å²) in [4.78, 5) is 10.5. The van der Waals surface area contributed by atoms with Gasteiger partial charge in [-0.15, -0.1) is 0 Å². The lowest BCUT2D eigenvalue weighted by Crippen LogP contribution is -2.05. The minimum atomic E-state index is -3.81. The van der Waals surface area contributed by atoms with Gasteiger partial charge in [0.25, 0.3) is 0 Å². The predicted molar refractivity (Wildman–Crippen MR) is 56.4 cm³/mol. The van der Waals surface area contributed by atoms with Crippen LogP contribution < -0.4 is 4.74 Å². The van der Waals surface area contributed by atoms with Gasteiger partial charge in [-0.3, -0.25) is 4.79 Å². The molecule has 0 aliphatic heterocycles. The third kappa shape index (κ3) is 2.18. The van der Waals surface area contributed by atoms with Gasteiger partial charge in [0.1, 0.15) is 5.75 Å². The molecule has 0 saturated carbocycles. The highest BCUT2D eigenvalue weighted by Gasteiger charge is 2.17. The van der Waals surface area contributed by atoms with Crippen molar-refractivity contribution in [3.63, 3.8) is 0 Å². The summed E-state index contributed by atoms with van der Waals surface area (Å²) in [5.74, 6) is 0.609. The number of carbonyl (C=O) groups is 1. The molecule has 0 fully saturated rings. The van der Waals surface area contributed by atoms with Crippen molar-refractivity contribution >= 4 is 15.5 Å². The molecule has 0 N–H and O–H groups in total. The van der Waals surface area contributed by atoms with Crippen LogP contribution in [0, 0.1) is 13.8 Å². The van der Waals surface area contributed by atoms with E-state index < -0.39 is 9.84 Å². The zero-order valence-electron chi connectivity index (χ0n) is 8.77. The smallest absolute Gasteiger partial charge is 0.238 e. The second kappa shape index (κ2) is 4.02. The lowest BCUT2D eigenvalue weighted by molar-refractivity contribution is 0.411. The van der Waals surface area contributed by atoms with E-state index in [0.29, 0.717) is 16.9 Å². The first-order valence-corrected chi connectivity index (χ1v) is 5.82. The van der Waals surface area contributed by atoms with Gasteiger partial charge in [-0.2, -0.15) is 0 Å². The normalized spacial score (nSPS) is 11.1. The third-order valence-electron chi connectivity index (χ3n) is 2.13. The molecule has 5 heteroatoms. The molecular weight excluding hydrogens is 216 g/mol. The number of aryl methyl sites for hydroxylation is 2. The van der Waals surface area contributed by atoms with Crippen LogP contribution in [0.3, 0.4) is 0 Å². The van der Waals surface area contributed by atoms with Crippen molar-refractivity contribution in [2.45, 2.75) is 18.7 Å². The summed E-state index contributed by atoms with van der Waals surface area (Å²) in [5.41, 5.74) is 1.15. The Hall–Kier alpha value is -1.36. The van der Waals surface area contributed by atoms with Crippen LogP contribution in [-0.4, -0.2) is 21.1 Å². The zero-order chi connectivity index (χ0) is 11.6. The van der Waals surface area contributed by atoms with Crippen LogP contribution >= 0.6 is 0 Å². The largest absolute Gasteiger partial charge is 0.496 e. The van der Waals surface area contributed by atoms with Crippen LogP contribution in [0.5, 0.6) is 5.75 Å². The summed E-state index contributed by atoms with van der Waals surface area (Å²) in [7, 11) is -2.30. The van der Waals surface area contributed by atoms with E-state index in [9.17, 15) is 13.2 Å². The highest BCUT2D eigenvalue weighted by Crippen LogP contribution is 2.25. The van der Waals surface area contributed by atoms with E-state index in [-0.39, 0.29) is 10.5 Å². The van der Waals surface area contributed by atoms with E-state index in [1.165, 1.54) is 13.2 Å². The maximum absolute atomic E-state index is 11.4. The molecule has 0 amide bonds. The first kappa shape index (κ1) is 11.7. The summed E-state index contributed by atoms with van der Waals surface area (Å²) < 4.78 is 27.8. The molecule has 82 valence electrons. The lowest BCUT2D eigenvalue weighted by atomic mass is 10.1. The Morgan fingerprint density at radius 3 is 2.27 bits per heavy atom. The molecule has 0 heterocycles. The van der Waals surface area contributed by atoms with Crippen molar-refractivity contribution in [2.24, 2.45) is 0 Å². The standard InChI is InChI=1S/C10H12O4S/c1-7-5-10(15(12,13)6-11)8(2)4-9(7)14-3/h4-6H,1-3H3. The molecule has 1 rings (SSSR count). The Labute approximate surface area is 88.8 Å². The molecule has 0 saturated heterocycles. The minimum Gasteiger partial charge on any atom is -0.496 e. The average molecular weight is 228 g/mol. The Balaban J connectivity index is 3.48. The molecule has 0 bridgehead atoms. The number of sulfone groups is 1. The molecule has 0 unspecified atom stereocenters. The fourth-order valence-corrected chi connectivity index (χ4v) is 2.29. The van der Waals surface area contributed by atoms with Crippen molar-refractivity contribution in [1.82, 2.24) is 0 Å². The average Bonchev–Trinajstić information content (AvgIpc) is 2.20. The van der Waals surface area contributed by atoms with Gasteiger partial charge >= 0.3 is 0 Å². The lowest BCUT2D eigenvalue weighted by Gasteiger charge is -2.09. The van der Waals surface area contributed by atoms with Crippen molar-refractivity contribution < 1.29 is 17.9 Å². The van der Waals surface area contributed by atoms with Gasteiger partial charge in [0, 0.05) is 0 Å². The van der Waals surface area contributed by atoms with Gasteiger partial charge in [0.2, 0.25) is 15.5 Å². The summed E-state index contributed by atoms with van der Waals surface area (Å²) in [6.45, 7) is 3.35. The fraction of sp³-hybridized carbons (Fsp3) is 0.300. The van der Waals surface area contributed by atoms with Crippen LogP contribution in [0.1, 0.15) is 11.1 Å². The molecule has 0 aliphatic carbocycles. The minimum absolute atomic E-state index is 0.0378. The second-order valence-corrected chi connectivity index (χ2v) is 4.95. The van der Waals surface area contributed by atoms with Gasteiger partial charge < -0.3 is 4.74 Å². The SMILES string of the molecule is COc1cc(C)c(S(=O)(=O)C=O)cc1C. The third-order valence-corrected chi connectivity index (χ3v) is 3.43. The monoisotopic (exact) mass is 228 g/mol. The Kier molecular flexibility index (Phi) is 3.14. The van der Waals surface area contributed by atoms with Crippen molar-refractivity contribution in [3.05, 3.63) is 23.3 Å².